The van der Waals surface area contributed by atoms with Gasteiger partial charge in [0.15, 0.2) is 0 Å². The highest BCUT2D eigenvalue weighted by atomic mass is 15.2. The minimum atomic E-state index is 0.525. The van der Waals surface area contributed by atoms with Gasteiger partial charge in [-0.25, -0.2) is 4.98 Å². The molecule has 70 valence electrons. The van der Waals surface area contributed by atoms with Crippen LogP contribution in [0.2, 0.25) is 0 Å². The predicted molar refractivity (Wildman–Crippen MR) is 53.5 cm³/mol. The normalized spacial score (nSPS) is 17.2. The van der Waals surface area contributed by atoms with E-state index in [1.54, 1.807) is 0 Å². The topological polar surface area (TPSA) is 42.1 Å². The van der Waals surface area contributed by atoms with Gasteiger partial charge >= 0.3 is 0 Å². The van der Waals surface area contributed by atoms with Crippen molar-refractivity contribution >= 4 is 5.82 Å². The van der Waals surface area contributed by atoms with Crippen LogP contribution in [0.5, 0.6) is 0 Å². The van der Waals surface area contributed by atoms with Crippen LogP contribution in [-0.2, 0) is 6.54 Å². The molecule has 2 N–H and O–H groups in total. The summed E-state index contributed by atoms with van der Waals surface area (Å²) in [7, 11) is 0. The van der Waals surface area contributed by atoms with E-state index in [1.807, 2.05) is 18.2 Å². The molecule has 3 nitrogen and oxygen atoms in total. The van der Waals surface area contributed by atoms with Crippen LogP contribution in [0.3, 0.4) is 0 Å². The lowest BCUT2D eigenvalue weighted by atomic mass is 10.0. The lowest BCUT2D eigenvalue weighted by molar-refractivity contribution is 0.443. The molecule has 1 saturated heterocycles. The summed E-state index contributed by atoms with van der Waals surface area (Å²) in [6, 6.07) is 6.03. The van der Waals surface area contributed by atoms with Crippen molar-refractivity contribution in [1.29, 1.82) is 0 Å². The summed E-state index contributed by atoms with van der Waals surface area (Å²) in [6.45, 7) is 5.03. The van der Waals surface area contributed by atoms with Gasteiger partial charge in [0.05, 0.1) is 5.69 Å². The van der Waals surface area contributed by atoms with Crippen molar-refractivity contribution < 1.29 is 0 Å². The summed E-state index contributed by atoms with van der Waals surface area (Å²) in [5.74, 6) is 1.88. The van der Waals surface area contributed by atoms with Gasteiger partial charge in [0.25, 0.3) is 0 Å². The van der Waals surface area contributed by atoms with E-state index in [2.05, 4.69) is 16.8 Å². The maximum absolute atomic E-state index is 5.52. The highest BCUT2D eigenvalue weighted by molar-refractivity contribution is 5.42. The van der Waals surface area contributed by atoms with E-state index in [0.29, 0.717) is 6.54 Å². The van der Waals surface area contributed by atoms with Gasteiger partial charge in [-0.2, -0.15) is 0 Å². The molecule has 0 bridgehead atoms. The molecule has 0 aliphatic carbocycles. The third-order valence-corrected chi connectivity index (χ3v) is 2.39. The number of rotatable bonds is 2. The Hall–Kier alpha value is -1.09. The van der Waals surface area contributed by atoms with Crippen LogP contribution >= 0.6 is 0 Å². The van der Waals surface area contributed by atoms with Gasteiger partial charge in [-0.3, -0.25) is 0 Å². The first kappa shape index (κ1) is 8.51. The predicted octanol–water partition coefficient (Wildman–Crippen LogP) is 0.996. The summed E-state index contributed by atoms with van der Waals surface area (Å²) in [4.78, 5) is 6.73. The average molecular weight is 177 g/mol. The van der Waals surface area contributed by atoms with Crippen molar-refractivity contribution in [2.24, 2.45) is 11.7 Å². The Bertz CT molecular complexity index is 292. The molecule has 0 radical (unpaired) electrons. The lowest BCUT2D eigenvalue weighted by Crippen LogP contribution is -2.45. The number of hydrogen-bond donors (Lipinski definition) is 1. The van der Waals surface area contributed by atoms with Crippen LogP contribution in [0.25, 0.3) is 0 Å². The molecule has 1 aliphatic heterocycles. The van der Waals surface area contributed by atoms with Crippen molar-refractivity contribution in [1.82, 2.24) is 4.98 Å². The summed E-state index contributed by atoms with van der Waals surface area (Å²) in [5, 5.41) is 0. The van der Waals surface area contributed by atoms with E-state index >= 15 is 0 Å². The number of nitrogens with zero attached hydrogens (tertiary/aromatic N) is 2. The molecule has 2 heterocycles. The van der Waals surface area contributed by atoms with Gasteiger partial charge in [-0.1, -0.05) is 13.0 Å². The highest BCUT2D eigenvalue weighted by Crippen LogP contribution is 2.21. The number of aromatic nitrogens is 1. The first-order valence-corrected chi connectivity index (χ1v) is 4.70. The quantitative estimate of drug-likeness (QED) is 0.732. The average Bonchev–Trinajstić information content (AvgIpc) is 2.13. The highest BCUT2D eigenvalue weighted by Gasteiger charge is 2.23. The largest absolute Gasteiger partial charge is 0.356 e. The van der Waals surface area contributed by atoms with Crippen LogP contribution in [0.1, 0.15) is 12.6 Å². The van der Waals surface area contributed by atoms with Crippen LogP contribution < -0.4 is 10.6 Å². The molecule has 0 amide bonds. The SMILES string of the molecule is CC1CN(c2cccc(CN)n2)C1. The van der Waals surface area contributed by atoms with Crippen molar-refractivity contribution in [3.05, 3.63) is 23.9 Å². The summed E-state index contributed by atoms with van der Waals surface area (Å²) < 4.78 is 0. The molecule has 2 rings (SSSR count). The maximum Gasteiger partial charge on any atom is 0.128 e. The molecule has 0 saturated carbocycles. The van der Waals surface area contributed by atoms with Crippen molar-refractivity contribution in [2.45, 2.75) is 13.5 Å². The van der Waals surface area contributed by atoms with Gasteiger partial charge < -0.3 is 10.6 Å². The van der Waals surface area contributed by atoms with E-state index in [9.17, 15) is 0 Å². The van der Waals surface area contributed by atoms with Gasteiger partial charge in [0.1, 0.15) is 5.82 Å². The molecule has 0 spiro atoms. The summed E-state index contributed by atoms with van der Waals surface area (Å²) in [5.41, 5.74) is 6.49. The molecule has 1 aliphatic rings. The van der Waals surface area contributed by atoms with E-state index in [4.69, 9.17) is 5.73 Å². The second-order valence-electron chi connectivity index (χ2n) is 3.70. The van der Waals surface area contributed by atoms with E-state index in [1.165, 1.54) is 0 Å². The maximum atomic E-state index is 5.52. The fraction of sp³-hybridized carbons (Fsp3) is 0.500. The number of hydrogen-bond acceptors (Lipinski definition) is 3. The van der Waals surface area contributed by atoms with Crippen LogP contribution in [-0.4, -0.2) is 18.1 Å². The Kier molecular flexibility index (Phi) is 2.19. The van der Waals surface area contributed by atoms with Crippen LogP contribution in [0, 0.1) is 5.92 Å². The Balaban J connectivity index is 2.12. The third kappa shape index (κ3) is 1.65. The number of pyridine rings is 1. The summed E-state index contributed by atoms with van der Waals surface area (Å²) >= 11 is 0. The fourth-order valence-corrected chi connectivity index (χ4v) is 1.64. The zero-order valence-electron chi connectivity index (χ0n) is 7.90. The zero-order valence-corrected chi connectivity index (χ0v) is 7.90. The Morgan fingerprint density at radius 2 is 2.31 bits per heavy atom. The molecule has 13 heavy (non-hydrogen) atoms. The Labute approximate surface area is 78.6 Å². The first-order valence-electron chi connectivity index (χ1n) is 4.70. The minimum Gasteiger partial charge on any atom is -0.356 e. The first-order chi connectivity index (χ1) is 6.29. The standard InChI is InChI=1S/C10H15N3/c1-8-6-13(7-8)10-4-2-3-9(5-11)12-10/h2-4,8H,5-7,11H2,1H3. The Morgan fingerprint density at radius 1 is 1.54 bits per heavy atom. The smallest absolute Gasteiger partial charge is 0.128 e. The molecule has 3 heteroatoms. The molecule has 0 atom stereocenters. The second-order valence-corrected chi connectivity index (χ2v) is 3.70. The monoisotopic (exact) mass is 177 g/mol. The second kappa shape index (κ2) is 3.34. The van der Waals surface area contributed by atoms with Gasteiger partial charge in [-0.05, 0) is 18.1 Å². The van der Waals surface area contributed by atoms with Gasteiger partial charge in [0.2, 0.25) is 0 Å². The van der Waals surface area contributed by atoms with Crippen LogP contribution in [0.4, 0.5) is 5.82 Å². The zero-order chi connectivity index (χ0) is 9.26. The molecule has 1 aromatic heterocycles. The fourth-order valence-electron chi connectivity index (χ4n) is 1.64. The lowest BCUT2D eigenvalue weighted by Gasteiger charge is -2.38. The van der Waals surface area contributed by atoms with Crippen molar-refractivity contribution in [2.75, 3.05) is 18.0 Å². The molecule has 1 aromatic rings. The molecule has 0 aromatic carbocycles. The molecule has 0 unspecified atom stereocenters. The minimum absolute atomic E-state index is 0.525. The molecule has 1 fully saturated rings. The molecular formula is C10H15N3. The Morgan fingerprint density at radius 3 is 2.92 bits per heavy atom. The van der Waals surface area contributed by atoms with E-state index < -0.39 is 0 Å². The van der Waals surface area contributed by atoms with Crippen LogP contribution in [0.15, 0.2) is 18.2 Å². The van der Waals surface area contributed by atoms with Crippen molar-refractivity contribution in [3.63, 3.8) is 0 Å². The van der Waals surface area contributed by atoms with E-state index in [0.717, 1.165) is 30.5 Å². The third-order valence-electron chi connectivity index (χ3n) is 2.39. The molecular weight excluding hydrogens is 162 g/mol. The number of nitrogens with two attached hydrogens (primary N) is 1. The number of anilines is 1. The van der Waals surface area contributed by atoms with Crippen molar-refractivity contribution in [3.8, 4) is 0 Å². The summed E-state index contributed by atoms with van der Waals surface area (Å²) in [6.07, 6.45) is 0. The van der Waals surface area contributed by atoms with Gasteiger partial charge in [-0.15, -0.1) is 0 Å². The van der Waals surface area contributed by atoms with Gasteiger partial charge in [0, 0.05) is 19.6 Å². The van der Waals surface area contributed by atoms with E-state index in [-0.39, 0.29) is 0 Å².